The quantitative estimate of drug-likeness (QED) is 0.713. The smallest absolute Gasteiger partial charge is 0.253 e. The lowest BCUT2D eigenvalue weighted by Gasteiger charge is -2.34. The molecular weight excluding hydrogens is 386 g/mol. The van der Waals surface area contributed by atoms with E-state index in [9.17, 15) is 9.59 Å². The molecular formula is C23H22ClN3O2. The van der Waals surface area contributed by atoms with Crippen LogP contribution in [0.15, 0.2) is 66.7 Å². The molecule has 2 amide bonds. The summed E-state index contributed by atoms with van der Waals surface area (Å²) in [5.74, 6) is -0.0664. The van der Waals surface area contributed by atoms with Gasteiger partial charge in [0.05, 0.1) is 17.3 Å². The van der Waals surface area contributed by atoms with Gasteiger partial charge in [0.1, 0.15) is 0 Å². The Balaban J connectivity index is 1.32. The lowest BCUT2D eigenvalue weighted by Crippen LogP contribution is -2.50. The number of anilines is 1. The number of carbonyl (C=O) groups is 2. The summed E-state index contributed by atoms with van der Waals surface area (Å²) in [6.07, 6.45) is 0. The van der Waals surface area contributed by atoms with E-state index >= 15 is 0 Å². The van der Waals surface area contributed by atoms with Gasteiger partial charge in [-0.3, -0.25) is 14.5 Å². The average Bonchev–Trinajstić information content (AvgIpc) is 2.75. The maximum atomic E-state index is 12.9. The number of fused-ring (bicyclic) bond motifs is 1. The summed E-state index contributed by atoms with van der Waals surface area (Å²) in [6.45, 7) is 2.81. The topological polar surface area (TPSA) is 52.7 Å². The van der Waals surface area contributed by atoms with Crippen LogP contribution in [0.2, 0.25) is 5.02 Å². The fourth-order valence-electron chi connectivity index (χ4n) is 3.57. The number of benzene rings is 3. The number of rotatable bonds is 4. The van der Waals surface area contributed by atoms with Crippen LogP contribution in [0.25, 0.3) is 10.8 Å². The summed E-state index contributed by atoms with van der Waals surface area (Å²) in [7, 11) is 0. The first-order valence-corrected chi connectivity index (χ1v) is 10.0. The van der Waals surface area contributed by atoms with Gasteiger partial charge in [0.2, 0.25) is 5.91 Å². The van der Waals surface area contributed by atoms with Gasteiger partial charge in [-0.1, -0.05) is 54.1 Å². The van der Waals surface area contributed by atoms with Gasteiger partial charge in [-0.05, 0) is 35.0 Å². The molecule has 0 bridgehead atoms. The van der Waals surface area contributed by atoms with Crippen molar-refractivity contribution in [2.45, 2.75) is 0 Å². The van der Waals surface area contributed by atoms with Crippen molar-refractivity contribution in [2.24, 2.45) is 0 Å². The standard InChI is InChI=1S/C23H22ClN3O2/c24-20-7-3-4-8-21(20)25-22(28)16-26-11-13-27(14-12-26)23(29)19-10-9-17-5-1-2-6-18(17)15-19/h1-10,15H,11-14,16H2,(H,25,28). The van der Waals surface area contributed by atoms with Gasteiger partial charge in [-0.25, -0.2) is 0 Å². The van der Waals surface area contributed by atoms with Crippen LogP contribution >= 0.6 is 11.6 Å². The zero-order valence-corrected chi connectivity index (χ0v) is 16.7. The Morgan fingerprint density at radius 2 is 1.55 bits per heavy atom. The molecule has 3 aromatic carbocycles. The van der Waals surface area contributed by atoms with Gasteiger partial charge in [0.25, 0.3) is 5.91 Å². The van der Waals surface area contributed by atoms with Gasteiger partial charge in [-0.15, -0.1) is 0 Å². The molecule has 0 atom stereocenters. The molecule has 148 valence electrons. The van der Waals surface area contributed by atoms with Gasteiger partial charge in [-0.2, -0.15) is 0 Å². The number of nitrogens with one attached hydrogen (secondary N) is 1. The molecule has 5 nitrogen and oxygen atoms in total. The van der Waals surface area contributed by atoms with Gasteiger partial charge in [0.15, 0.2) is 0 Å². The molecule has 0 aliphatic carbocycles. The van der Waals surface area contributed by atoms with Crippen LogP contribution < -0.4 is 5.32 Å². The number of halogens is 1. The van der Waals surface area contributed by atoms with Crippen LogP contribution in [-0.4, -0.2) is 54.3 Å². The highest BCUT2D eigenvalue weighted by atomic mass is 35.5. The van der Waals surface area contributed by atoms with E-state index in [0.29, 0.717) is 42.5 Å². The lowest BCUT2D eigenvalue weighted by atomic mass is 10.1. The predicted octanol–water partition coefficient (Wildman–Crippen LogP) is 3.89. The minimum Gasteiger partial charge on any atom is -0.336 e. The lowest BCUT2D eigenvalue weighted by molar-refractivity contribution is -0.117. The summed E-state index contributed by atoms with van der Waals surface area (Å²) in [4.78, 5) is 29.1. The number of hydrogen-bond donors (Lipinski definition) is 1. The first-order valence-electron chi connectivity index (χ1n) is 9.65. The Hall–Kier alpha value is -2.89. The highest BCUT2D eigenvalue weighted by molar-refractivity contribution is 6.33. The van der Waals surface area contributed by atoms with Crippen LogP contribution in [0.3, 0.4) is 0 Å². The van der Waals surface area contributed by atoms with Crippen LogP contribution in [0, 0.1) is 0 Å². The molecule has 29 heavy (non-hydrogen) atoms. The summed E-state index contributed by atoms with van der Waals surface area (Å²) >= 11 is 6.09. The van der Waals surface area contributed by atoms with Crippen molar-refractivity contribution < 1.29 is 9.59 Å². The average molecular weight is 408 g/mol. The van der Waals surface area contributed by atoms with E-state index in [1.807, 2.05) is 59.5 Å². The van der Waals surface area contributed by atoms with Crippen molar-refractivity contribution in [3.8, 4) is 0 Å². The SMILES string of the molecule is O=C(CN1CCN(C(=O)c2ccc3ccccc3c2)CC1)Nc1ccccc1Cl. The Morgan fingerprint density at radius 1 is 0.862 bits per heavy atom. The fourth-order valence-corrected chi connectivity index (χ4v) is 3.75. The second-order valence-electron chi connectivity index (χ2n) is 7.16. The van der Waals surface area contributed by atoms with E-state index in [1.54, 1.807) is 12.1 Å². The minimum absolute atomic E-state index is 0.0379. The maximum absolute atomic E-state index is 12.9. The normalized spacial score (nSPS) is 14.7. The highest BCUT2D eigenvalue weighted by Crippen LogP contribution is 2.20. The molecule has 1 aliphatic heterocycles. The molecule has 1 saturated heterocycles. The van der Waals surface area contributed by atoms with Crippen molar-refractivity contribution in [3.63, 3.8) is 0 Å². The van der Waals surface area contributed by atoms with E-state index < -0.39 is 0 Å². The van der Waals surface area contributed by atoms with Crippen molar-refractivity contribution >= 4 is 39.9 Å². The van der Waals surface area contributed by atoms with Crippen molar-refractivity contribution in [1.82, 2.24) is 9.80 Å². The van der Waals surface area contributed by atoms with E-state index in [1.165, 1.54) is 0 Å². The number of piperazine rings is 1. The summed E-state index contributed by atoms with van der Waals surface area (Å²) in [5.41, 5.74) is 1.32. The molecule has 0 unspecified atom stereocenters. The molecule has 3 aromatic rings. The molecule has 0 saturated carbocycles. The monoisotopic (exact) mass is 407 g/mol. The molecule has 1 aliphatic rings. The summed E-state index contributed by atoms with van der Waals surface area (Å²) in [5, 5.41) is 5.55. The summed E-state index contributed by atoms with van der Waals surface area (Å²) in [6, 6.07) is 21.0. The Kier molecular flexibility index (Phi) is 5.79. The van der Waals surface area contributed by atoms with Crippen molar-refractivity contribution in [3.05, 3.63) is 77.3 Å². The van der Waals surface area contributed by atoms with E-state index in [2.05, 4.69) is 10.2 Å². The third kappa shape index (κ3) is 4.58. The second kappa shape index (κ2) is 8.64. The Bertz CT molecular complexity index is 1040. The molecule has 1 heterocycles. The van der Waals surface area contributed by atoms with E-state index in [-0.39, 0.29) is 18.4 Å². The second-order valence-corrected chi connectivity index (χ2v) is 7.57. The first kappa shape index (κ1) is 19.4. The van der Waals surface area contributed by atoms with Crippen LogP contribution in [0.5, 0.6) is 0 Å². The fraction of sp³-hybridized carbons (Fsp3) is 0.217. The maximum Gasteiger partial charge on any atom is 0.253 e. The molecule has 0 aromatic heterocycles. The predicted molar refractivity (Wildman–Crippen MR) is 116 cm³/mol. The highest BCUT2D eigenvalue weighted by Gasteiger charge is 2.23. The zero-order valence-electron chi connectivity index (χ0n) is 16.0. The van der Waals surface area contributed by atoms with Gasteiger partial charge >= 0.3 is 0 Å². The number of amides is 2. The first-order chi connectivity index (χ1) is 14.1. The van der Waals surface area contributed by atoms with Gasteiger partial charge < -0.3 is 10.2 Å². The largest absolute Gasteiger partial charge is 0.336 e. The molecule has 6 heteroatoms. The van der Waals surface area contributed by atoms with Crippen LogP contribution in [0.4, 0.5) is 5.69 Å². The molecule has 0 spiro atoms. The third-order valence-electron chi connectivity index (χ3n) is 5.17. The van der Waals surface area contributed by atoms with Gasteiger partial charge in [0, 0.05) is 31.7 Å². The summed E-state index contributed by atoms with van der Waals surface area (Å²) < 4.78 is 0. The number of hydrogen-bond acceptors (Lipinski definition) is 3. The zero-order chi connectivity index (χ0) is 20.2. The van der Waals surface area contributed by atoms with Crippen LogP contribution in [-0.2, 0) is 4.79 Å². The van der Waals surface area contributed by atoms with Crippen LogP contribution in [0.1, 0.15) is 10.4 Å². The molecule has 1 fully saturated rings. The van der Waals surface area contributed by atoms with E-state index in [4.69, 9.17) is 11.6 Å². The third-order valence-corrected chi connectivity index (χ3v) is 5.50. The number of carbonyl (C=O) groups excluding carboxylic acids is 2. The molecule has 0 radical (unpaired) electrons. The van der Waals surface area contributed by atoms with Crippen molar-refractivity contribution in [1.29, 1.82) is 0 Å². The van der Waals surface area contributed by atoms with Crippen molar-refractivity contribution in [2.75, 3.05) is 38.0 Å². The molecule has 4 rings (SSSR count). The number of para-hydroxylation sites is 1. The van der Waals surface area contributed by atoms with E-state index in [0.717, 1.165) is 10.8 Å². The Labute approximate surface area is 174 Å². The molecule has 1 N–H and O–H groups in total. The Morgan fingerprint density at radius 3 is 2.31 bits per heavy atom. The number of nitrogens with zero attached hydrogens (tertiary/aromatic N) is 2. The minimum atomic E-state index is -0.104.